The highest BCUT2D eigenvalue weighted by molar-refractivity contribution is 8.00. The molecule has 0 aromatic carbocycles. The maximum atomic E-state index is 11.1. The Kier molecular flexibility index (Phi) is 5.24. The number of nitro groups is 1. The molecule has 2 rings (SSSR count). The Hall–Kier alpha value is -1.54. The highest BCUT2D eigenvalue weighted by Gasteiger charge is 2.31. The molecule has 0 spiro atoms. The van der Waals surface area contributed by atoms with Crippen molar-refractivity contribution < 1.29 is 4.92 Å². The molecule has 21 heavy (non-hydrogen) atoms. The van der Waals surface area contributed by atoms with Crippen molar-refractivity contribution in [1.29, 1.82) is 0 Å². The van der Waals surface area contributed by atoms with Gasteiger partial charge in [0.1, 0.15) is 5.82 Å². The Morgan fingerprint density at radius 3 is 2.71 bits per heavy atom. The summed E-state index contributed by atoms with van der Waals surface area (Å²) >= 11 is 1.84. The number of hydrogen-bond acceptors (Lipinski definition) is 7. The Labute approximate surface area is 128 Å². The predicted molar refractivity (Wildman–Crippen MR) is 86.5 cm³/mol. The highest BCUT2D eigenvalue weighted by Crippen LogP contribution is 2.39. The van der Waals surface area contributed by atoms with Crippen LogP contribution < -0.4 is 16.6 Å². The third-order valence-electron chi connectivity index (χ3n) is 3.99. The molecule has 0 unspecified atom stereocenters. The maximum Gasteiger partial charge on any atom is 0.311 e. The molecule has 1 saturated carbocycles. The van der Waals surface area contributed by atoms with E-state index in [1.807, 2.05) is 11.8 Å². The van der Waals surface area contributed by atoms with E-state index in [0.29, 0.717) is 12.4 Å². The third-order valence-corrected chi connectivity index (χ3v) is 5.41. The van der Waals surface area contributed by atoms with E-state index in [9.17, 15) is 10.1 Å². The molecule has 0 amide bonds. The first-order valence-corrected chi connectivity index (χ1v) is 8.24. The molecule has 7 nitrogen and oxygen atoms in total. The molecule has 1 aliphatic carbocycles. The lowest BCUT2D eigenvalue weighted by atomic mass is 9.88. The van der Waals surface area contributed by atoms with Crippen molar-refractivity contribution in [3.8, 4) is 0 Å². The van der Waals surface area contributed by atoms with E-state index >= 15 is 0 Å². The van der Waals surface area contributed by atoms with Crippen LogP contribution >= 0.6 is 11.8 Å². The molecule has 0 bridgehead atoms. The first-order valence-electron chi connectivity index (χ1n) is 7.01. The SMILES string of the molecule is CSC1(CNc2nc(NN)ccc2[N+](=O)[O-])CCCCC1. The summed E-state index contributed by atoms with van der Waals surface area (Å²) in [5, 5.41) is 14.3. The Bertz CT molecular complexity index is 505. The van der Waals surface area contributed by atoms with E-state index in [0.717, 1.165) is 12.8 Å². The Balaban J connectivity index is 2.15. The molecule has 1 aromatic heterocycles. The van der Waals surface area contributed by atoms with Gasteiger partial charge in [-0.15, -0.1) is 0 Å². The first-order chi connectivity index (χ1) is 10.1. The highest BCUT2D eigenvalue weighted by atomic mass is 32.2. The topological polar surface area (TPSA) is 106 Å². The molecule has 1 aliphatic rings. The van der Waals surface area contributed by atoms with Gasteiger partial charge in [-0.2, -0.15) is 11.8 Å². The van der Waals surface area contributed by atoms with Crippen LogP contribution in [0.4, 0.5) is 17.3 Å². The fourth-order valence-electron chi connectivity index (χ4n) is 2.70. The van der Waals surface area contributed by atoms with Crippen LogP contribution in [0.2, 0.25) is 0 Å². The van der Waals surface area contributed by atoms with Gasteiger partial charge in [0.25, 0.3) is 0 Å². The van der Waals surface area contributed by atoms with Crippen molar-refractivity contribution in [3.05, 3.63) is 22.2 Å². The summed E-state index contributed by atoms with van der Waals surface area (Å²) in [7, 11) is 0. The Morgan fingerprint density at radius 1 is 1.43 bits per heavy atom. The van der Waals surface area contributed by atoms with Gasteiger partial charge >= 0.3 is 5.69 Å². The van der Waals surface area contributed by atoms with Crippen LogP contribution in [0.15, 0.2) is 12.1 Å². The first kappa shape index (κ1) is 15.8. The van der Waals surface area contributed by atoms with Crippen LogP contribution in [0.1, 0.15) is 32.1 Å². The fraction of sp³-hybridized carbons (Fsp3) is 0.615. The molecular weight excluding hydrogens is 290 g/mol. The molecule has 4 N–H and O–H groups in total. The number of nitrogens with zero attached hydrogens (tertiary/aromatic N) is 2. The van der Waals surface area contributed by atoms with Gasteiger partial charge in [0.2, 0.25) is 5.82 Å². The van der Waals surface area contributed by atoms with Gasteiger partial charge in [0.15, 0.2) is 0 Å². The standard InChI is InChI=1S/C13H21N5O2S/c1-21-13(7-3-2-4-8-13)9-15-12-10(18(19)20)5-6-11(16-12)17-14/h5-6H,2-4,7-9,14H2,1H3,(H2,15,16,17). The zero-order chi connectivity index (χ0) is 15.3. The second-order valence-electron chi connectivity index (χ2n) is 5.27. The lowest BCUT2D eigenvalue weighted by Gasteiger charge is -2.35. The number of aromatic nitrogens is 1. The van der Waals surface area contributed by atoms with Crippen molar-refractivity contribution in [2.24, 2.45) is 5.84 Å². The molecule has 0 atom stereocenters. The van der Waals surface area contributed by atoms with Crippen LogP contribution in [0, 0.1) is 10.1 Å². The van der Waals surface area contributed by atoms with Gasteiger partial charge in [-0.05, 0) is 25.2 Å². The summed E-state index contributed by atoms with van der Waals surface area (Å²) in [5.41, 5.74) is 2.39. The molecule has 0 saturated heterocycles. The molecular formula is C13H21N5O2S. The summed E-state index contributed by atoms with van der Waals surface area (Å²) in [6.45, 7) is 0.677. The summed E-state index contributed by atoms with van der Waals surface area (Å²) in [5.74, 6) is 6.00. The smallest absolute Gasteiger partial charge is 0.311 e. The number of hydrazine groups is 1. The molecule has 0 radical (unpaired) electrons. The number of rotatable bonds is 6. The van der Waals surface area contributed by atoms with E-state index in [2.05, 4.69) is 22.0 Å². The van der Waals surface area contributed by atoms with Gasteiger partial charge in [0, 0.05) is 17.4 Å². The molecule has 1 fully saturated rings. The minimum atomic E-state index is -0.428. The number of nitrogen functional groups attached to an aromatic ring is 1. The van der Waals surface area contributed by atoms with E-state index in [-0.39, 0.29) is 16.3 Å². The zero-order valence-electron chi connectivity index (χ0n) is 12.1. The van der Waals surface area contributed by atoms with E-state index < -0.39 is 4.92 Å². The van der Waals surface area contributed by atoms with E-state index in [1.165, 1.54) is 31.4 Å². The molecule has 1 aromatic rings. The number of nitrogens with two attached hydrogens (primary N) is 1. The van der Waals surface area contributed by atoms with Crippen molar-refractivity contribution in [2.75, 3.05) is 23.5 Å². The van der Waals surface area contributed by atoms with Gasteiger partial charge < -0.3 is 10.7 Å². The summed E-state index contributed by atoms with van der Waals surface area (Å²) in [6.07, 6.45) is 8.05. The van der Waals surface area contributed by atoms with Crippen molar-refractivity contribution in [3.63, 3.8) is 0 Å². The van der Waals surface area contributed by atoms with Gasteiger partial charge in [-0.1, -0.05) is 19.3 Å². The number of thioether (sulfide) groups is 1. The second kappa shape index (κ2) is 6.95. The predicted octanol–water partition coefficient (Wildman–Crippen LogP) is 2.75. The average Bonchev–Trinajstić information content (AvgIpc) is 2.53. The normalized spacial score (nSPS) is 17.2. The lowest BCUT2D eigenvalue weighted by molar-refractivity contribution is -0.384. The van der Waals surface area contributed by atoms with Crippen LogP contribution in [-0.4, -0.2) is 27.5 Å². The summed E-state index contributed by atoms with van der Waals surface area (Å²) in [6, 6.07) is 2.91. The van der Waals surface area contributed by atoms with Crippen LogP contribution in [0.25, 0.3) is 0 Å². The molecule has 1 heterocycles. The van der Waals surface area contributed by atoms with Crippen molar-refractivity contribution in [1.82, 2.24) is 4.98 Å². The number of anilines is 2. The van der Waals surface area contributed by atoms with E-state index in [1.54, 1.807) is 0 Å². The zero-order valence-corrected chi connectivity index (χ0v) is 12.9. The lowest BCUT2D eigenvalue weighted by Crippen LogP contribution is -2.35. The summed E-state index contributed by atoms with van der Waals surface area (Å²) in [4.78, 5) is 14.8. The molecule has 116 valence electrons. The number of pyridine rings is 1. The Morgan fingerprint density at radius 2 is 2.14 bits per heavy atom. The largest absolute Gasteiger partial charge is 0.363 e. The van der Waals surface area contributed by atoms with Gasteiger partial charge in [0.05, 0.1) is 4.92 Å². The number of hydrogen-bond donors (Lipinski definition) is 3. The summed E-state index contributed by atoms with van der Waals surface area (Å²) < 4.78 is 0.139. The van der Waals surface area contributed by atoms with Crippen LogP contribution in [0.5, 0.6) is 0 Å². The average molecular weight is 311 g/mol. The molecule has 0 aliphatic heterocycles. The third kappa shape index (κ3) is 3.76. The second-order valence-corrected chi connectivity index (χ2v) is 6.54. The minimum absolute atomic E-state index is 0.0268. The number of nitrogens with one attached hydrogen (secondary N) is 2. The van der Waals surface area contributed by atoms with Crippen molar-refractivity contribution >= 4 is 29.1 Å². The van der Waals surface area contributed by atoms with Crippen molar-refractivity contribution in [2.45, 2.75) is 36.9 Å². The quantitative estimate of drug-likeness (QED) is 0.421. The van der Waals surface area contributed by atoms with Crippen LogP contribution in [0.3, 0.4) is 0 Å². The van der Waals surface area contributed by atoms with E-state index in [4.69, 9.17) is 5.84 Å². The van der Waals surface area contributed by atoms with Crippen LogP contribution in [-0.2, 0) is 0 Å². The maximum absolute atomic E-state index is 11.1. The molecule has 8 heteroatoms. The minimum Gasteiger partial charge on any atom is -0.363 e. The monoisotopic (exact) mass is 311 g/mol. The van der Waals surface area contributed by atoms with Gasteiger partial charge in [-0.25, -0.2) is 10.8 Å². The van der Waals surface area contributed by atoms with Gasteiger partial charge in [-0.3, -0.25) is 10.1 Å². The fourth-order valence-corrected chi connectivity index (χ4v) is 3.62.